The number of hydrogen-bond donors (Lipinski definition) is 1. The molecule has 0 amide bonds. The van der Waals surface area contributed by atoms with E-state index in [1.807, 2.05) is 0 Å². The van der Waals surface area contributed by atoms with Crippen molar-refractivity contribution >= 4 is 21.8 Å². The van der Waals surface area contributed by atoms with Gasteiger partial charge in [-0.15, -0.1) is 0 Å². The Bertz CT molecular complexity index is 1710. The first-order valence-electron chi connectivity index (χ1n) is 11.4. The predicted octanol–water partition coefficient (Wildman–Crippen LogP) is 7.79. The van der Waals surface area contributed by atoms with E-state index in [9.17, 15) is 0 Å². The summed E-state index contributed by atoms with van der Waals surface area (Å²) < 4.78 is 6.43. The molecule has 2 aliphatic rings. The molecule has 5 aromatic carbocycles. The lowest BCUT2D eigenvalue weighted by molar-refractivity contribution is 0.436. The highest BCUT2D eigenvalue weighted by Crippen LogP contribution is 2.63. The molecule has 0 saturated carbocycles. The summed E-state index contributed by atoms with van der Waals surface area (Å²) in [6.07, 6.45) is 0. The van der Waals surface area contributed by atoms with Gasteiger partial charge in [-0.2, -0.15) is 0 Å². The van der Waals surface area contributed by atoms with E-state index < -0.39 is 5.41 Å². The number of fused-ring (bicyclic) bond motifs is 13. The van der Waals surface area contributed by atoms with Crippen LogP contribution in [0.2, 0.25) is 0 Å². The topological polar surface area (TPSA) is 25.0 Å². The van der Waals surface area contributed by atoms with Crippen LogP contribution < -0.4 is 4.74 Å². The minimum Gasteiger partial charge on any atom is -0.457 e. The molecule has 6 aromatic rings. The van der Waals surface area contributed by atoms with Crippen LogP contribution in [0.4, 0.5) is 0 Å². The summed E-state index contributed by atoms with van der Waals surface area (Å²) >= 11 is 0. The van der Waals surface area contributed by atoms with E-state index in [4.69, 9.17) is 4.74 Å². The Morgan fingerprint density at radius 1 is 0.515 bits per heavy atom. The van der Waals surface area contributed by atoms with Crippen molar-refractivity contribution in [2.75, 3.05) is 0 Å². The maximum Gasteiger partial charge on any atom is 0.132 e. The van der Waals surface area contributed by atoms with Crippen molar-refractivity contribution in [3.63, 3.8) is 0 Å². The van der Waals surface area contributed by atoms with Gasteiger partial charge in [0.2, 0.25) is 0 Å². The molecule has 2 nitrogen and oxygen atoms in total. The van der Waals surface area contributed by atoms with Crippen molar-refractivity contribution in [2.45, 2.75) is 5.41 Å². The highest BCUT2D eigenvalue weighted by Gasteiger charge is 2.51. The van der Waals surface area contributed by atoms with E-state index in [0.717, 1.165) is 11.5 Å². The summed E-state index contributed by atoms with van der Waals surface area (Å²) in [6.45, 7) is 0. The summed E-state index contributed by atoms with van der Waals surface area (Å²) in [4.78, 5) is 3.64. The van der Waals surface area contributed by atoms with Gasteiger partial charge in [-0.25, -0.2) is 0 Å². The van der Waals surface area contributed by atoms with Crippen molar-refractivity contribution in [2.24, 2.45) is 0 Å². The van der Waals surface area contributed by atoms with Gasteiger partial charge in [-0.3, -0.25) is 0 Å². The Kier molecular flexibility index (Phi) is 3.11. The number of para-hydroxylation sites is 3. The van der Waals surface area contributed by atoms with E-state index in [0.29, 0.717) is 0 Å². The number of ether oxygens (including phenoxy) is 1. The molecule has 1 aliphatic heterocycles. The van der Waals surface area contributed by atoms with Gasteiger partial charge in [0, 0.05) is 32.9 Å². The molecule has 0 bridgehead atoms. The molecule has 0 saturated heterocycles. The first-order valence-corrected chi connectivity index (χ1v) is 11.4. The van der Waals surface area contributed by atoms with Gasteiger partial charge in [0.1, 0.15) is 11.5 Å². The van der Waals surface area contributed by atoms with Gasteiger partial charge in [-0.1, -0.05) is 84.9 Å². The third kappa shape index (κ3) is 1.96. The second-order valence-corrected chi connectivity index (χ2v) is 8.97. The largest absolute Gasteiger partial charge is 0.457 e. The van der Waals surface area contributed by atoms with Gasteiger partial charge in [-0.05, 0) is 46.5 Å². The summed E-state index contributed by atoms with van der Waals surface area (Å²) in [5.74, 6) is 1.86. The van der Waals surface area contributed by atoms with Gasteiger partial charge in [0.25, 0.3) is 0 Å². The molecular formula is C31H19NO. The van der Waals surface area contributed by atoms with E-state index in [2.05, 4.69) is 114 Å². The van der Waals surface area contributed by atoms with Crippen LogP contribution in [-0.2, 0) is 5.41 Å². The Labute approximate surface area is 191 Å². The molecule has 1 aliphatic carbocycles. The van der Waals surface area contributed by atoms with Gasteiger partial charge >= 0.3 is 0 Å². The van der Waals surface area contributed by atoms with Crippen molar-refractivity contribution in [1.82, 2.24) is 4.98 Å². The summed E-state index contributed by atoms with van der Waals surface area (Å²) in [6, 6.07) is 39.1. The zero-order valence-electron chi connectivity index (χ0n) is 17.8. The highest BCUT2D eigenvalue weighted by molar-refractivity contribution is 6.17. The molecule has 0 fully saturated rings. The van der Waals surface area contributed by atoms with Crippen LogP contribution in [-0.4, -0.2) is 4.98 Å². The van der Waals surface area contributed by atoms with E-state index >= 15 is 0 Å². The van der Waals surface area contributed by atoms with Crippen LogP contribution in [0.5, 0.6) is 11.5 Å². The summed E-state index contributed by atoms with van der Waals surface area (Å²) in [7, 11) is 0. The molecule has 1 spiro atoms. The molecule has 2 heteroatoms. The molecule has 33 heavy (non-hydrogen) atoms. The third-order valence-corrected chi connectivity index (χ3v) is 7.48. The molecular weight excluding hydrogens is 402 g/mol. The van der Waals surface area contributed by atoms with E-state index in [-0.39, 0.29) is 0 Å². The molecule has 0 unspecified atom stereocenters. The summed E-state index contributed by atoms with van der Waals surface area (Å²) in [5, 5.41) is 2.57. The molecule has 0 atom stereocenters. The fourth-order valence-corrected chi connectivity index (χ4v) is 6.28. The number of hydrogen-bond acceptors (Lipinski definition) is 1. The summed E-state index contributed by atoms with van der Waals surface area (Å²) in [5.41, 5.74) is 9.61. The first-order chi connectivity index (χ1) is 16.4. The minimum atomic E-state index is -0.413. The molecule has 2 heterocycles. The SMILES string of the molecule is c1ccc2c(c1)Oc1ccccc1C21c2ccccc2-c2c1ccc1[nH]c3ccccc3c21. The number of aromatic nitrogens is 1. The number of nitrogens with one attached hydrogen (secondary N) is 1. The second kappa shape index (κ2) is 5.93. The smallest absolute Gasteiger partial charge is 0.132 e. The number of rotatable bonds is 0. The average molecular weight is 421 g/mol. The lowest BCUT2D eigenvalue weighted by atomic mass is 9.66. The predicted molar refractivity (Wildman–Crippen MR) is 133 cm³/mol. The lowest BCUT2D eigenvalue weighted by Crippen LogP contribution is -2.32. The minimum absolute atomic E-state index is 0.413. The van der Waals surface area contributed by atoms with E-state index in [1.165, 1.54) is 55.2 Å². The Morgan fingerprint density at radius 2 is 1.15 bits per heavy atom. The molecule has 8 rings (SSSR count). The lowest BCUT2D eigenvalue weighted by Gasteiger charge is -2.39. The number of H-pyrrole nitrogens is 1. The Balaban J connectivity index is 1.64. The maximum absolute atomic E-state index is 6.43. The highest BCUT2D eigenvalue weighted by atomic mass is 16.5. The molecule has 0 radical (unpaired) electrons. The number of aromatic amines is 1. The van der Waals surface area contributed by atoms with Crippen molar-refractivity contribution < 1.29 is 4.74 Å². The van der Waals surface area contributed by atoms with Gasteiger partial charge < -0.3 is 9.72 Å². The molecule has 154 valence electrons. The van der Waals surface area contributed by atoms with E-state index in [1.54, 1.807) is 0 Å². The first kappa shape index (κ1) is 17.3. The zero-order chi connectivity index (χ0) is 21.6. The Hall–Kier alpha value is -4.30. The Morgan fingerprint density at radius 3 is 1.94 bits per heavy atom. The van der Waals surface area contributed by atoms with Crippen LogP contribution in [0.3, 0.4) is 0 Å². The van der Waals surface area contributed by atoms with Crippen LogP contribution in [0.1, 0.15) is 22.3 Å². The van der Waals surface area contributed by atoms with Gasteiger partial charge in [0.05, 0.1) is 5.41 Å². The number of benzene rings is 5. The maximum atomic E-state index is 6.43. The fraction of sp³-hybridized carbons (Fsp3) is 0.0323. The third-order valence-electron chi connectivity index (χ3n) is 7.48. The fourth-order valence-electron chi connectivity index (χ4n) is 6.28. The van der Waals surface area contributed by atoms with Crippen molar-refractivity contribution in [1.29, 1.82) is 0 Å². The molecule has 1 aromatic heterocycles. The average Bonchev–Trinajstić information content (AvgIpc) is 3.39. The van der Waals surface area contributed by atoms with Crippen LogP contribution >= 0.6 is 0 Å². The van der Waals surface area contributed by atoms with Crippen molar-refractivity contribution in [3.8, 4) is 22.6 Å². The second-order valence-electron chi connectivity index (χ2n) is 8.97. The quantitative estimate of drug-likeness (QED) is 0.266. The van der Waals surface area contributed by atoms with Crippen LogP contribution in [0, 0.1) is 0 Å². The van der Waals surface area contributed by atoms with Crippen LogP contribution in [0.25, 0.3) is 32.9 Å². The van der Waals surface area contributed by atoms with Crippen molar-refractivity contribution in [3.05, 3.63) is 131 Å². The monoisotopic (exact) mass is 421 g/mol. The van der Waals surface area contributed by atoms with Gasteiger partial charge in [0.15, 0.2) is 0 Å². The normalized spacial score (nSPS) is 14.5. The molecule has 1 N–H and O–H groups in total. The zero-order valence-corrected chi connectivity index (χ0v) is 17.8. The standard InChI is InChI=1S/C31H19NO/c1-3-11-21-19(9-1)29-24(17-18-26-30(29)20-10-2-6-14-25(20)32-26)31(21)22-12-4-7-15-27(22)33-28-16-8-5-13-23(28)31/h1-18,32H. The van der Waals surface area contributed by atoms with Crippen LogP contribution in [0.15, 0.2) is 109 Å².